The van der Waals surface area contributed by atoms with E-state index in [2.05, 4.69) is 88.5 Å². The minimum atomic E-state index is 0.484. The maximum absolute atomic E-state index is 5.28. The van der Waals surface area contributed by atoms with Gasteiger partial charge in [0.15, 0.2) is 0 Å². The fourth-order valence-corrected chi connectivity index (χ4v) is 4.64. The van der Waals surface area contributed by atoms with Crippen molar-refractivity contribution in [3.63, 3.8) is 0 Å². The van der Waals surface area contributed by atoms with Crippen LogP contribution in [0.3, 0.4) is 0 Å². The number of nitrogens with zero attached hydrogens (tertiary/aromatic N) is 4. The lowest BCUT2D eigenvalue weighted by atomic mass is 10.0. The van der Waals surface area contributed by atoms with Crippen LogP contribution in [0.2, 0.25) is 0 Å². The lowest BCUT2D eigenvalue weighted by molar-refractivity contribution is 0.240. The Morgan fingerprint density at radius 3 is 2.59 bits per heavy atom. The third-order valence-corrected chi connectivity index (χ3v) is 6.60. The summed E-state index contributed by atoms with van der Waals surface area (Å²) < 4.78 is 5.28. The molecule has 2 heterocycles. The van der Waals surface area contributed by atoms with Crippen molar-refractivity contribution < 1.29 is 4.74 Å². The molecule has 5 rings (SSSR count). The third kappa shape index (κ3) is 4.68. The Morgan fingerprint density at radius 1 is 1.00 bits per heavy atom. The summed E-state index contributed by atoms with van der Waals surface area (Å²) in [6.07, 6.45) is 1.87. The average Bonchev–Trinajstić information content (AvgIpc) is 2.88. The number of benzene rings is 3. The summed E-state index contributed by atoms with van der Waals surface area (Å²) in [5.41, 5.74) is 5.37. The first-order valence-electron chi connectivity index (χ1n) is 11.9. The van der Waals surface area contributed by atoms with Gasteiger partial charge in [-0.15, -0.1) is 0 Å². The number of ether oxygens (including phenoxy) is 1. The Balaban J connectivity index is 1.37. The van der Waals surface area contributed by atoms with Gasteiger partial charge in [0.05, 0.1) is 12.6 Å². The van der Waals surface area contributed by atoms with Crippen molar-refractivity contribution in [3.05, 3.63) is 72.9 Å². The topological polar surface area (TPSA) is 53.5 Å². The van der Waals surface area contributed by atoms with Crippen LogP contribution < -0.4 is 15.0 Å². The molecule has 0 radical (unpaired) electrons. The minimum Gasteiger partial charge on any atom is -0.497 e. The Hall–Kier alpha value is -3.64. The van der Waals surface area contributed by atoms with Crippen LogP contribution in [0.25, 0.3) is 22.0 Å². The van der Waals surface area contributed by atoms with Gasteiger partial charge in [-0.25, -0.2) is 9.97 Å². The zero-order valence-electron chi connectivity index (χ0n) is 20.0. The van der Waals surface area contributed by atoms with Crippen molar-refractivity contribution in [2.45, 2.75) is 19.9 Å². The molecule has 6 nitrogen and oxygen atoms in total. The second-order valence-electron chi connectivity index (χ2n) is 8.81. The molecular weight excluding hydrogens is 422 g/mol. The maximum atomic E-state index is 5.28. The summed E-state index contributed by atoms with van der Waals surface area (Å²) in [7, 11) is 1.68. The normalized spacial score (nSPS) is 16.6. The average molecular weight is 454 g/mol. The summed E-state index contributed by atoms with van der Waals surface area (Å²) in [5.74, 6) is 1.45. The Morgan fingerprint density at radius 2 is 1.82 bits per heavy atom. The van der Waals surface area contributed by atoms with Crippen LogP contribution in [0, 0.1) is 0 Å². The molecule has 1 saturated heterocycles. The van der Waals surface area contributed by atoms with Gasteiger partial charge in [-0.2, -0.15) is 0 Å². The van der Waals surface area contributed by atoms with Gasteiger partial charge in [0, 0.05) is 48.6 Å². The van der Waals surface area contributed by atoms with E-state index >= 15 is 0 Å². The molecule has 1 N–H and O–H groups in total. The van der Waals surface area contributed by atoms with E-state index in [9.17, 15) is 0 Å². The Bertz CT molecular complexity index is 1270. The first-order chi connectivity index (χ1) is 16.6. The quantitative estimate of drug-likeness (QED) is 0.411. The van der Waals surface area contributed by atoms with E-state index in [1.165, 1.54) is 5.69 Å². The second kappa shape index (κ2) is 9.69. The van der Waals surface area contributed by atoms with E-state index in [0.717, 1.165) is 59.6 Å². The number of piperazine rings is 1. The van der Waals surface area contributed by atoms with Crippen molar-refractivity contribution in [1.82, 2.24) is 14.9 Å². The van der Waals surface area contributed by atoms with Crippen LogP contribution >= 0.6 is 0 Å². The molecule has 0 spiro atoms. The standard InChI is InChI=1S/C28H31N5O/c1-4-32-14-15-33(20(2)19-32)25-7-5-6-24(17-25)30-28-29-18-23-9-8-22(16-27(23)31-28)21-10-12-26(34-3)13-11-21/h5-13,16-18,20H,4,14-15,19H2,1-3H3,(H,29,30,31). The molecule has 0 aliphatic carbocycles. The number of hydrogen-bond donors (Lipinski definition) is 1. The van der Waals surface area contributed by atoms with Crippen molar-refractivity contribution >= 4 is 28.2 Å². The Labute approximate surface area is 201 Å². The zero-order chi connectivity index (χ0) is 23.5. The summed E-state index contributed by atoms with van der Waals surface area (Å²) >= 11 is 0. The van der Waals surface area contributed by atoms with Gasteiger partial charge in [-0.05, 0) is 61.0 Å². The van der Waals surface area contributed by atoms with Gasteiger partial charge in [0.25, 0.3) is 0 Å². The zero-order valence-corrected chi connectivity index (χ0v) is 20.0. The molecule has 4 aromatic rings. The first-order valence-corrected chi connectivity index (χ1v) is 11.9. The van der Waals surface area contributed by atoms with Crippen LogP contribution in [0.1, 0.15) is 13.8 Å². The predicted octanol–water partition coefficient (Wildman–Crippen LogP) is 5.58. The molecule has 0 saturated carbocycles. The fraction of sp³-hybridized carbons (Fsp3) is 0.286. The first kappa shape index (κ1) is 22.2. The van der Waals surface area contributed by atoms with E-state index in [4.69, 9.17) is 9.72 Å². The largest absolute Gasteiger partial charge is 0.497 e. The molecule has 1 aromatic heterocycles. The molecule has 34 heavy (non-hydrogen) atoms. The third-order valence-electron chi connectivity index (χ3n) is 6.60. The van der Waals surface area contributed by atoms with Crippen LogP contribution in [0.4, 0.5) is 17.3 Å². The number of methoxy groups -OCH3 is 1. The van der Waals surface area contributed by atoms with Crippen molar-refractivity contribution in [1.29, 1.82) is 0 Å². The molecular formula is C28H31N5O. The van der Waals surface area contributed by atoms with E-state index in [0.29, 0.717) is 12.0 Å². The van der Waals surface area contributed by atoms with Crippen molar-refractivity contribution in [3.8, 4) is 16.9 Å². The number of hydrogen-bond acceptors (Lipinski definition) is 6. The highest BCUT2D eigenvalue weighted by molar-refractivity contribution is 5.84. The van der Waals surface area contributed by atoms with Gasteiger partial charge in [0.1, 0.15) is 5.75 Å². The highest BCUT2D eigenvalue weighted by Crippen LogP contribution is 2.28. The minimum absolute atomic E-state index is 0.484. The van der Waals surface area contributed by atoms with Crippen LogP contribution in [-0.4, -0.2) is 54.2 Å². The number of fused-ring (bicyclic) bond motifs is 1. The monoisotopic (exact) mass is 453 g/mol. The summed E-state index contributed by atoms with van der Waals surface area (Å²) in [4.78, 5) is 14.3. The van der Waals surface area contributed by atoms with Gasteiger partial charge in [-0.3, -0.25) is 4.90 Å². The summed E-state index contributed by atoms with van der Waals surface area (Å²) in [5, 5.41) is 4.42. The van der Waals surface area contributed by atoms with Crippen LogP contribution in [-0.2, 0) is 0 Å². The second-order valence-corrected chi connectivity index (χ2v) is 8.81. The molecule has 1 aliphatic heterocycles. The molecule has 1 unspecified atom stereocenters. The molecule has 1 fully saturated rings. The SMILES string of the molecule is CCN1CCN(c2cccc(Nc3ncc4ccc(-c5ccc(OC)cc5)cc4n3)c2)C(C)C1. The smallest absolute Gasteiger partial charge is 0.227 e. The number of rotatable bonds is 6. The van der Waals surface area contributed by atoms with Gasteiger partial charge >= 0.3 is 0 Å². The van der Waals surface area contributed by atoms with Crippen molar-refractivity contribution in [2.24, 2.45) is 0 Å². The van der Waals surface area contributed by atoms with Crippen molar-refractivity contribution in [2.75, 3.05) is 43.5 Å². The van der Waals surface area contributed by atoms with Crippen LogP contribution in [0.15, 0.2) is 72.9 Å². The number of likely N-dealkylation sites (N-methyl/N-ethyl adjacent to an activating group) is 1. The fourth-order valence-electron chi connectivity index (χ4n) is 4.64. The lowest BCUT2D eigenvalue weighted by Crippen LogP contribution is -2.51. The van der Waals surface area contributed by atoms with Gasteiger partial charge in [0.2, 0.25) is 5.95 Å². The van der Waals surface area contributed by atoms with E-state index in [1.807, 2.05) is 18.3 Å². The summed E-state index contributed by atoms with van der Waals surface area (Å²) in [6, 6.07) is 23.4. The molecule has 1 atom stereocenters. The number of anilines is 3. The van der Waals surface area contributed by atoms with E-state index < -0.39 is 0 Å². The molecule has 0 amide bonds. The molecule has 6 heteroatoms. The summed E-state index contributed by atoms with van der Waals surface area (Å²) in [6.45, 7) is 8.88. The maximum Gasteiger partial charge on any atom is 0.227 e. The molecule has 0 bridgehead atoms. The lowest BCUT2D eigenvalue weighted by Gasteiger charge is -2.41. The van der Waals surface area contributed by atoms with E-state index in [1.54, 1.807) is 7.11 Å². The van der Waals surface area contributed by atoms with Gasteiger partial charge < -0.3 is 15.0 Å². The Kier molecular flexibility index (Phi) is 6.32. The predicted molar refractivity (Wildman–Crippen MR) is 140 cm³/mol. The van der Waals surface area contributed by atoms with Gasteiger partial charge in [-0.1, -0.05) is 37.3 Å². The molecule has 1 aliphatic rings. The molecule has 3 aromatic carbocycles. The van der Waals surface area contributed by atoms with E-state index in [-0.39, 0.29) is 0 Å². The highest BCUT2D eigenvalue weighted by atomic mass is 16.5. The highest BCUT2D eigenvalue weighted by Gasteiger charge is 2.23. The molecule has 174 valence electrons. The number of aromatic nitrogens is 2. The number of nitrogens with one attached hydrogen (secondary N) is 1. The van der Waals surface area contributed by atoms with Crippen LogP contribution in [0.5, 0.6) is 5.75 Å².